The molecule has 3 rings (SSSR count). The number of rotatable bonds is 2. The number of hydrogen-bond acceptors (Lipinski definition) is 2. The highest BCUT2D eigenvalue weighted by Gasteiger charge is 2.34. The number of aryl methyl sites for hydroxylation is 1. The van der Waals surface area contributed by atoms with Crippen molar-refractivity contribution in [1.29, 1.82) is 0 Å². The van der Waals surface area contributed by atoms with Crippen molar-refractivity contribution in [2.24, 2.45) is 11.8 Å². The lowest BCUT2D eigenvalue weighted by Gasteiger charge is -2.22. The second-order valence-corrected chi connectivity index (χ2v) is 5.95. The van der Waals surface area contributed by atoms with Crippen LogP contribution in [-0.2, 0) is 0 Å². The minimum Gasteiger partial charge on any atom is -0.369 e. The number of fused-ring (bicyclic) bond motifs is 1. The molecule has 2 N–H and O–H groups in total. The van der Waals surface area contributed by atoms with Gasteiger partial charge in [-0.2, -0.15) is 0 Å². The van der Waals surface area contributed by atoms with Crippen molar-refractivity contribution in [3.8, 4) is 0 Å². The number of imidazole rings is 1. The molecule has 2 aromatic rings. The molecule has 19 heavy (non-hydrogen) atoms. The monoisotopic (exact) mass is 257 g/mol. The van der Waals surface area contributed by atoms with E-state index in [0.717, 1.165) is 11.4 Å². The molecule has 0 amide bonds. The Morgan fingerprint density at radius 1 is 1.37 bits per heavy atom. The Bertz CT molecular complexity index is 599. The van der Waals surface area contributed by atoms with Crippen LogP contribution in [0.5, 0.6) is 0 Å². The maximum absolute atomic E-state index is 6.20. The van der Waals surface area contributed by atoms with Gasteiger partial charge in [0.25, 0.3) is 0 Å². The molecule has 3 unspecified atom stereocenters. The molecule has 1 aliphatic rings. The fourth-order valence-electron chi connectivity index (χ4n) is 3.79. The molecule has 1 fully saturated rings. The minimum atomic E-state index is 0.511. The van der Waals surface area contributed by atoms with Gasteiger partial charge in [-0.1, -0.05) is 32.4 Å². The van der Waals surface area contributed by atoms with Gasteiger partial charge < -0.3 is 10.3 Å². The highest BCUT2D eigenvalue weighted by atomic mass is 15.2. The maximum Gasteiger partial charge on any atom is 0.201 e. The zero-order chi connectivity index (χ0) is 13.6. The van der Waals surface area contributed by atoms with E-state index in [9.17, 15) is 0 Å². The average molecular weight is 257 g/mol. The van der Waals surface area contributed by atoms with Gasteiger partial charge in [0.05, 0.1) is 11.0 Å². The summed E-state index contributed by atoms with van der Waals surface area (Å²) in [6.07, 6.45) is 3.81. The molecule has 3 atom stereocenters. The minimum absolute atomic E-state index is 0.511. The average Bonchev–Trinajstić information content (AvgIpc) is 2.90. The highest BCUT2D eigenvalue weighted by molar-refractivity contribution is 5.81. The molecule has 1 aliphatic carbocycles. The van der Waals surface area contributed by atoms with Crippen molar-refractivity contribution >= 4 is 17.0 Å². The smallest absolute Gasteiger partial charge is 0.201 e. The third-order valence-electron chi connectivity index (χ3n) is 4.99. The first-order valence-corrected chi connectivity index (χ1v) is 7.36. The molecular formula is C16H23N3. The van der Waals surface area contributed by atoms with Crippen LogP contribution in [0.15, 0.2) is 18.2 Å². The van der Waals surface area contributed by atoms with Crippen molar-refractivity contribution < 1.29 is 0 Å². The lowest BCUT2D eigenvalue weighted by atomic mass is 9.93. The normalized spacial score (nSPS) is 27.2. The molecule has 0 aliphatic heterocycles. The lowest BCUT2D eigenvalue weighted by molar-refractivity contribution is 0.336. The summed E-state index contributed by atoms with van der Waals surface area (Å²) in [7, 11) is 0. The summed E-state index contributed by atoms with van der Waals surface area (Å²) >= 11 is 0. The largest absolute Gasteiger partial charge is 0.369 e. The number of para-hydroxylation sites is 1. The molecule has 1 aromatic carbocycles. The van der Waals surface area contributed by atoms with Gasteiger partial charge in [-0.05, 0) is 43.2 Å². The van der Waals surface area contributed by atoms with E-state index in [1.54, 1.807) is 0 Å². The number of benzene rings is 1. The fraction of sp³-hybridized carbons (Fsp3) is 0.562. The van der Waals surface area contributed by atoms with Gasteiger partial charge in [0.15, 0.2) is 0 Å². The van der Waals surface area contributed by atoms with Gasteiger partial charge in [-0.3, -0.25) is 0 Å². The summed E-state index contributed by atoms with van der Waals surface area (Å²) in [6, 6.07) is 6.87. The number of nitrogens with two attached hydrogens (primary N) is 1. The predicted molar refractivity (Wildman–Crippen MR) is 80.1 cm³/mol. The molecule has 0 bridgehead atoms. The fourth-order valence-corrected chi connectivity index (χ4v) is 3.79. The van der Waals surface area contributed by atoms with Crippen LogP contribution >= 0.6 is 0 Å². The maximum atomic E-state index is 6.20. The molecule has 0 spiro atoms. The molecule has 1 heterocycles. The molecule has 1 saturated carbocycles. The number of hydrogen-bond donors (Lipinski definition) is 1. The first-order valence-electron chi connectivity index (χ1n) is 7.36. The van der Waals surface area contributed by atoms with Crippen LogP contribution in [0.3, 0.4) is 0 Å². The van der Waals surface area contributed by atoms with Crippen LogP contribution in [0.1, 0.15) is 44.7 Å². The zero-order valence-corrected chi connectivity index (χ0v) is 12.1. The van der Waals surface area contributed by atoms with Crippen LogP contribution < -0.4 is 5.73 Å². The Labute approximate surface area is 114 Å². The van der Waals surface area contributed by atoms with Gasteiger partial charge in [-0.25, -0.2) is 4.98 Å². The van der Waals surface area contributed by atoms with Crippen molar-refractivity contribution in [1.82, 2.24) is 9.55 Å². The first-order chi connectivity index (χ1) is 9.13. The van der Waals surface area contributed by atoms with Crippen molar-refractivity contribution in [2.45, 2.75) is 46.1 Å². The van der Waals surface area contributed by atoms with Gasteiger partial charge in [0.1, 0.15) is 0 Å². The summed E-state index contributed by atoms with van der Waals surface area (Å²) in [5.41, 5.74) is 9.67. The van der Waals surface area contributed by atoms with Crippen LogP contribution in [-0.4, -0.2) is 9.55 Å². The van der Waals surface area contributed by atoms with E-state index in [-0.39, 0.29) is 0 Å². The number of anilines is 1. The molecule has 0 radical (unpaired) electrons. The quantitative estimate of drug-likeness (QED) is 0.886. The number of nitrogen functional groups attached to an aromatic ring is 1. The summed E-state index contributed by atoms with van der Waals surface area (Å²) in [5, 5.41) is 0. The Kier molecular flexibility index (Phi) is 3.00. The highest BCUT2D eigenvalue weighted by Crippen LogP contribution is 2.44. The second-order valence-electron chi connectivity index (χ2n) is 5.95. The SMILES string of the molecule is CCC1CCC(n2c(N)nc3c(C)cccc32)C1C. The van der Waals surface area contributed by atoms with Crippen molar-refractivity contribution in [3.63, 3.8) is 0 Å². The van der Waals surface area contributed by atoms with E-state index in [2.05, 4.69) is 48.5 Å². The van der Waals surface area contributed by atoms with Crippen molar-refractivity contribution in [3.05, 3.63) is 23.8 Å². The molecule has 1 aromatic heterocycles. The Morgan fingerprint density at radius 2 is 2.16 bits per heavy atom. The van der Waals surface area contributed by atoms with Gasteiger partial charge in [0, 0.05) is 6.04 Å². The molecule has 0 saturated heterocycles. The molecule has 102 valence electrons. The third-order valence-corrected chi connectivity index (χ3v) is 4.99. The third kappa shape index (κ3) is 1.83. The number of nitrogens with zero attached hydrogens (tertiary/aromatic N) is 2. The van der Waals surface area contributed by atoms with E-state index in [4.69, 9.17) is 5.73 Å². The summed E-state index contributed by atoms with van der Waals surface area (Å²) in [6.45, 7) is 6.77. The number of aromatic nitrogens is 2. The predicted octanol–water partition coefficient (Wildman–Crippen LogP) is 3.92. The molecule has 3 nitrogen and oxygen atoms in total. The Morgan fingerprint density at radius 3 is 2.84 bits per heavy atom. The van der Waals surface area contributed by atoms with Crippen LogP contribution in [0.2, 0.25) is 0 Å². The van der Waals surface area contributed by atoms with Crippen LogP contribution in [0.25, 0.3) is 11.0 Å². The zero-order valence-electron chi connectivity index (χ0n) is 12.1. The summed E-state index contributed by atoms with van der Waals surface area (Å²) in [4.78, 5) is 4.58. The van der Waals surface area contributed by atoms with Crippen LogP contribution in [0, 0.1) is 18.8 Å². The standard InChI is InChI=1S/C16H23N3/c1-4-12-8-9-13(11(12)3)19-14-7-5-6-10(2)15(14)18-16(19)17/h5-7,11-13H,4,8-9H2,1-3H3,(H2,17,18). The van der Waals surface area contributed by atoms with E-state index in [1.165, 1.54) is 30.3 Å². The Balaban J connectivity index is 2.11. The lowest BCUT2D eigenvalue weighted by Crippen LogP contribution is -2.17. The van der Waals surface area contributed by atoms with E-state index < -0.39 is 0 Å². The summed E-state index contributed by atoms with van der Waals surface area (Å²) < 4.78 is 2.28. The second kappa shape index (κ2) is 4.55. The van der Waals surface area contributed by atoms with Crippen molar-refractivity contribution in [2.75, 3.05) is 5.73 Å². The van der Waals surface area contributed by atoms with Gasteiger partial charge in [-0.15, -0.1) is 0 Å². The Hall–Kier alpha value is -1.51. The topological polar surface area (TPSA) is 43.8 Å². The van der Waals surface area contributed by atoms with Gasteiger partial charge >= 0.3 is 0 Å². The van der Waals surface area contributed by atoms with E-state index >= 15 is 0 Å². The molecular weight excluding hydrogens is 234 g/mol. The van der Waals surface area contributed by atoms with E-state index in [1.807, 2.05) is 0 Å². The summed E-state index contributed by atoms with van der Waals surface area (Å²) in [5.74, 6) is 2.19. The van der Waals surface area contributed by atoms with Crippen LogP contribution in [0.4, 0.5) is 5.95 Å². The first kappa shape index (κ1) is 12.5. The van der Waals surface area contributed by atoms with E-state index in [0.29, 0.717) is 17.9 Å². The van der Waals surface area contributed by atoms with Gasteiger partial charge in [0.2, 0.25) is 5.95 Å². The molecule has 3 heteroatoms.